The van der Waals surface area contributed by atoms with E-state index in [1.807, 2.05) is 6.92 Å². The molecule has 1 aromatic heterocycles. The molecule has 0 spiro atoms. The fourth-order valence-electron chi connectivity index (χ4n) is 4.97. The molecule has 1 aliphatic heterocycles. The molecule has 1 atom stereocenters. The first-order valence-corrected chi connectivity index (χ1v) is 15.7. The molecule has 1 amide bonds. The van der Waals surface area contributed by atoms with Crippen molar-refractivity contribution in [2.45, 2.75) is 56.3 Å². The van der Waals surface area contributed by atoms with Crippen molar-refractivity contribution in [3.8, 4) is 16.8 Å². The monoisotopic (exact) mass is 637 g/mol. The quantitative estimate of drug-likeness (QED) is 0.253. The van der Waals surface area contributed by atoms with Gasteiger partial charge in [0.05, 0.1) is 22.7 Å². The Morgan fingerprint density at radius 1 is 1.00 bits per heavy atom. The number of sulfonamides is 1. The van der Waals surface area contributed by atoms with Crippen molar-refractivity contribution in [1.82, 2.24) is 19.1 Å². The van der Waals surface area contributed by atoms with Crippen molar-refractivity contribution in [1.29, 1.82) is 0 Å². The normalized spacial score (nSPS) is 16.3. The number of carbonyl (C=O) groups is 1. The maximum atomic E-state index is 13.7. The van der Waals surface area contributed by atoms with E-state index in [9.17, 15) is 31.2 Å². The Bertz CT molecular complexity index is 1950. The molecule has 0 fully saturated rings. The second-order valence-electron chi connectivity index (χ2n) is 10.7. The molecule has 1 aliphatic rings. The smallest absolute Gasteiger partial charge is 0.274 e. The van der Waals surface area contributed by atoms with E-state index in [-0.39, 0.29) is 17.1 Å². The van der Waals surface area contributed by atoms with Crippen LogP contribution < -0.4 is 10.4 Å². The van der Waals surface area contributed by atoms with Gasteiger partial charge in [0.15, 0.2) is 5.54 Å². The summed E-state index contributed by atoms with van der Waals surface area (Å²) in [6.45, 7) is 3.50. The third kappa shape index (κ3) is 6.53. The highest BCUT2D eigenvalue weighted by Gasteiger charge is 2.36. The van der Waals surface area contributed by atoms with E-state index in [0.717, 1.165) is 17.2 Å². The summed E-state index contributed by atoms with van der Waals surface area (Å²) in [6.07, 6.45) is 1.68. The highest BCUT2D eigenvalue weighted by atomic mass is 32.2. The van der Waals surface area contributed by atoms with E-state index in [4.69, 9.17) is 0 Å². The fraction of sp³-hybridized carbons (Fsp3) is 0.250. The summed E-state index contributed by atoms with van der Waals surface area (Å²) in [5, 5.41) is 4.30. The molecule has 2 heterocycles. The number of aryl methyl sites for hydroxylation is 1. The van der Waals surface area contributed by atoms with E-state index in [1.54, 1.807) is 48.5 Å². The van der Waals surface area contributed by atoms with E-state index in [0.29, 0.717) is 35.4 Å². The number of aromatic nitrogens is 3. The molecule has 234 valence electrons. The predicted molar refractivity (Wildman–Crippen MR) is 164 cm³/mol. The van der Waals surface area contributed by atoms with Crippen LogP contribution in [0, 0.1) is 0 Å². The molecule has 4 aromatic rings. The number of unbranched alkanes of at least 4 members (excludes halogenated alkanes) is 1. The Morgan fingerprint density at radius 3 is 2.36 bits per heavy atom. The first-order valence-electron chi connectivity index (χ1n) is 14.2. The van der Waals surface area contributed by atoms with Gasteiger partial charge in [-0.3, -0.25) is 14.4 Å². The predicted octanol–water partition coefficient (Wildman–Crippen LogP) is 5.31. The lowest BCUT2D eigenvalue weighted by atomic mass is 10.0. The van der Waals surface area contributed by atoms with Crippen molar-refractivity contribution in [2.75, 3.05) is 0 Å². The minimum atomic E-state index is -4.68. The number of para-hydroxylation sites is 1. The maximum absolute atomic E-state index is 13.7. The third-order valence-electron chi connectivity index (χ3n) is 7.45. The van der Waals surface area contributed by atoms with Gasteiger partial charge in [-0.05, 0) is 54.8 Å². The summed E-state index contributed by atoms with van der Waals surface area (Å²) in [5.41, 5.74) is -1.83. The number of rotatable bonds is 10. The zero-order valence-corrected chi connectivity index (χ0v) is 25.3. The van der Waals surface area contributed by atoms with Crippen LogP contribution >= 0.6 is 0 Å². The van der Waals surface area contributed by atoms with Gasteiger partial charge in [-0.2, -0.15) is 17.9 Å². The first-order chi connectivity index (χ1) is 21.3. The van der Waals surface area contributed by atoms with Crippen LogP contribution in [0.3, 0.4) is 0 Å². The summed E-state index contributed by atoms with van der Waals surface area (Å²) in [6, 6.07) is 17.8. The molecule has 5 rings (SSSR count). The summed E-state index contributed by atoms with van der Waals surface area (Å²) in [7, 11) is -4.27. The Kier molecular flexibility index (Phi) is 8.66. The molecule has 0 aliphatic carbocycles. The van der Waals surface area contributed by atoms with E-state index < -0.39 is 38.9 Å². The van der Waals surface area contributed by atoms with Gasteiger partial charge < -0.3 is 0 Å². The summed E-state index contributed by atoms with van der Waals surface area (Å²) >= 11 is 0. The van der Waals surface area contributed by atoms with E-state index in [1.165, 1.54) is 48.0 Å². The average Bonchev–Trinajstić information content (AvgIpc) is 3.59. The second-order valence-corrected chi connectivity index (χ2v) is 12.4. The molecule has 13 heteroatoms. The Hall–Kier alpha value is -4.78. The van der Waals surface area contributed by atoms with Crippen molar-refractivity contribution in [3.05, 3.63) is 112 Å². The van der Waals surface area contributed by atoms with E-state index in [2.05, 4.69) is 14.8 Å². The second kappa shape index (κ2) is 12.3. The van der Waals surface area contributed by atoms with Gasteiger partial charge in [-0.1, -0.05) is 67.9 Å². The Labute approximate surface area is 257 Å². The number of hydrogen-bond acceptors (Lipinski definition) is 6. The number of carbonyl (C=O) groups excluding carboxylic acids is 1. The maximum Gasteiger partial charge on any atom is 0.418 e. The van der Waals surface area contributed by atoms with Crippen LogP contribution in [0.5, 0.6) is 0 Å². The standard InChI is InChI=1S/C32H30F3N5O4S/c1-3-4-14-28-37-40(26-12-7-6-11-25(26)32(33,34)35)30(42)39(28)21-22-15-17-23(18-16-22)24-10-5-8-13-27(24)45(43,44)38-29(41)31(2)19-9-20-36-31/h5-13,15-20H,3-4,14,21H2,1-2H3,(H,38,41). The number of allylic oxidation sites excluding steroid dienone is 1. The minimum absolute atomic E-state index is 0.0367. The molecule has 9 nitrogen and oxygen atoms in total. The number of halogens is 3. The molecule has 45 heavy (non-hydrogen) atoms. The average molecular weight is 638 g/mol. The molecule has 0 saturated heterocycles. The number of aliphatic imine (C=N–C) groups is 1. The van der Waals surface area contributed by atoms with Crippen LogP contribution in [0.2, 0.25) is 0 Å². The summed E-state index contributed by atoms with van der Waals surface area (Å²) < 4.78 is 72.0. The zero-order valence-electron chi connectivity index (χ0n) is 24.5. The van der Waals surface area contributed by atoms with Crippen molar-refractivity contribution < 1.29 is 26.4 Å². The molecule has 0 bridgehead atoms. The van der Waals surface area contributed by atoms with Crippen LogP contribution in [0.4, 0.5) is 13.2 Å². The number of benzene rings is 3. The van der Waals surface area contributed by atoms with Gasteiger partial charge in [-0.25, -0.2) is 17.9 Å². The molecular formula is C32H30F3N5O4S. The molecule has 1 unspecified atom stereocenters. The highest BCUT2D eigenvalue weighted by Crippen LogP contribution is 2.33. The van der Waals surface area contributed by atoms with Gasteiger partial charge in [0.1, 0.15) is 5.82 Å². The lowest BCUT2D eigenvalue weighted by molar-refractivity contribution is -0.137. The van der Waals surface area contributed by atoms with Crippen LogP contribution in [-0.2, 0) is 34.0 Å². The first kappa shape index (κ1) is 31.6. The Balaban J connectivity index is 1.45. The van der Waals surface area contributed by atoms with Crippen molar-refractivity contribution in [2.24, 2.45) is 4.99 Å². The fourth-order valence-corrected chi connectivity index (χ4v) is 6.26. The molecular weight excluding hydrogens is 607 g/mol. The summed E-state index contributed by atoms with van der Waals surface area (Å²) in [4.78, 5) is 30.2. The number of alkyl halides is 3. The Morgan fingerprint density at radius 2 is 1.69 bits per heavy atom. The number of nitrogens with one attached hydrogen (secondary N) is 1. The highest BCUT2D eigenvalue weighted by molar-refractivity contribution is 7.90. The molecule has 0 radical (unpaired) electrons. The summed E-state index contributed by atoms with van der Waals surface area (Å²) in [5.74, 6) is -0.439. The van der Waals surface area contributed by atoms with Gasteiger partial charge in [0.2, 0.25) is 0 Å². The topological polar surface area (TPSA) is 115 Å². The van der Waals surface area contributed by atoms with Gasteiger partial charge in [-0.15, -0.1) is 5.10 Å². The molecule has 1 N–H and O–H groups in total. The van der Waals surface area contributed by atoms with E-state index >= 15 is 0 Å². The largest absolute Gasteiger partial charge is 0.418 e. The number of hydrogen-bond donors (Lipinski definition) is 1. The van der Waals surface area contributed by atoms with Gasteiger partial charge in [0.25, 0.3) is 15.9 Å². The number of nitrogens with zero attached hydrogens (tertiary/aromatic N) is 4. The van der Waals surface area contributed by atoms with Crippen LogP contribution in [0.1, 0.15) is 43.6 Å². The van der Waals surface area contributed by atoms with Gasteiger partial charge in [0, 0.05) is 18.2 Å². The van der Waals surface area contributed by atoms with Crippen molar-refractivity contribution in [3.63, 3.8) is 0 Å². The third-order valence-corrected chi connectivity index (χ3v) is 8.84. The lowest BCUT2D eigenvalue weighted by Crippen LogP contribution is -2.43. The molecule has 0 saturated carbocycles. The number of amides is 1. The van der Waals surface area contributed by atoms with Crippen LogP contribution in [-0.4, -0.2) is 40.4 Å². The zero-order chi connectivity index (χ0) is 32.4. The molecule has 3 aromatic carbocycles. The minimum Gasteiger partial charge on any atom is -0.274 e. The van der Waals surface area contributed by atoms with Crippen LogP contribution in [0.25, 0.3) is 16.8 Å². The SMILES string of the molecule is CCCCc1nn(-c2ccccc2C(F)(F)F)c(=O)n1Cc1ccc(-c2ccccc2S(=O)(=O)NC(=O)C2(C)C=CC=N2)cc1. The van der Waals surface area contributed by atoms with Gasteiger partial charge >= 0.3 is 11.9 Å². The van der Waals surface area contributed by atoms with Crippen LogP contribution in [0.15, 0.2) is 99.6 Å². The van der Waals surface area contributed by atoms with Crippen molar-refractivity contribution >= 4 is 22.1 Å². The lowest BCUT2D eigenvalue weighted by Gasteiger charge is -2.19.